The number of esters is 1. The lowest BCUT2D eigenvalue weighted by molar-refractivity contribution is -0.137. The standard InChI is InChI=1S/C12H19NO3/c1-5-16-12(15)11-8(3)10(6-7(2)14)13-9(11)4/h7,10,14H,5-6H2,1-4H3/t7-,10?/m1/s1. The molecule has 1 N–H and O–H groups in total. The van der Waals surface area contributed by atoms with Crippen LogP contribution in [0.4, 0.5) is 0 Å². The normalized spacial score (nSPS) is 22.1. The quantitative estimate of drug-likeness (QED) is 0.737. The Hall–Kier alpha value is -1.16. The maximum absolute atomic E-state index is 11.7. The maximum atomic E-state index is 11.7. The van der Waals surface area contributed by atoms with Gasteiger partial charge in [-0.05, 0) is 39.7 Å². The lowest BCUT2D eigenvalue weighted by atomic mass is 10.00. The highest BCUT2D eigenvalue weighted by Gasteiger charge is 2.28. The van der Waals surface area contributed by atoms with E-state index in [-0.39, 0.29) is 12.0 Å². The third-order valence-corrected chi connectivity index (χ3v) is 2.65. The van der Waals surface area contributed by atoms with Crippen molar-refractivity contribution < 1.29 is 14.6 Å². The van der Waals surface area contributed by atoms with Gasteiger partial charge in [-0.3, -0.25) is 4.99 Å². The predicted molar refractivity (Wildman–Crippen MR) is 62.5 cm³/mol. The van der Waals surface area contributed by atoms with E-state index < -0.39 is 6.10 Å². The summed E-state index contributed by atoms with van der Waals surface area (Å²) in [6.07, 6.45) is 0.129. The molecule has 90 valence electrons. The first-order chi connectivity index (χ1) is 7.47. The molecule has 0 aromatic heterocycles. The van der Waals surface area contributed by atoms with Gasteiger partial charge in [-0.2, -0.15) is 0 Å². The van der Waals surface area contributed by atoms with E-state index in [9.17, 15) is 9.90 Å². The lowest BCUT2D eigenvalue weighted by Crippen LogP contribution is -2.15. The van der Waals surface area contributed by atoms with Crippen LogP contribution in [0, 0.1) is 0 Å². The van der Waals surface area contributed by atoms with E-state index in [1.807, 2.05) is 6.92 Å². The summed E-state index contributed by atoms with van der Waals surface area (Å²) < 4.78 is 4.98. The lowest BCUT2D eigenvalue weighted by Gasteiger charge is -2.11. The van der Waals surface area contributed by atoms with E-state index in [0.29, 0.717) is 24.3 Å². The van der Waals surface area contributed by atoms with Gasteiger partial charge in [0.15, 0.2) is 0 Å². The van der Waals surface area contributed by atoms with E-state index >= 15 is 0 Å². The highest BCUT2D eigenvalue weighted by atomic mass is 16.5. The maximum Gasteiger partial charge on any atom is 0.339 e. The minimum absolute atomic E-state index is 0.0839. The minimum atomic E-state index is -0.418. The predicted octanol–water partition coefficient (Wildman–Crippen LogP) is 1.48. The summed E-state index contributed by atoms with van der Waals surface area (Å²) in [5.74, 6) is -0.311. The van der Waals surface area contributed by atoms with Crippen LogP contribution in [0.2, 0.25) is 0 Å². The Balaban J connectivity index is 2.87. The summed E-state index contributed by atoms with van der Waals surface area (Å²) in [7, 11) is 0. The summed E-state index contributed by atoms with van der Waals surface area (Å²) in [4.78, 5) is 16.1. The Bertz CT molecular complexity index is 342. The number of aliphatic hydroxyl groups excluding tert-OH is 1. The number of aliphatic imine (C=N–C) groups is 1. The van der Waals surface area contributed by atoms with Crippen LogP contribution in [0.5, 0.6) is 0 Å². The molecule has 0 fully saturated rings. The molecule has 0 radical (unpaired) electrons. The number of hydrogen-bond donors (Lipinski definition) is 1. The Labute approximate surface area is 96.0 Å². The van der Waals surface area contributed by atoms with E-state index in [1.165, 1.54) is 0 Å². The van der Waals surface area contributed by atoms with Gasteiger partial charge in [0.2, 0.25) is 0 Å². The van der Waals surface area contributed by atoms with Crippen molar-refractivity contribution in [3.63, 3.8) is 0 Å². The molecule has 2 atom stereocenters. The Morgan fingerprint density at radius 3 is 2.69 bits per heavy atom. The molecule has 0 bridgehead atoms. The molecule has 0 aliphatic carbocycles. The molecule has 1 unspecified atom stereocenters. The molecule has 4 nitrogen and oxygen atoms in total. The number of ether oxygens (including phenoxy) is 1. The number of carbonyl (C=O) groups is 1. The first-order valence-electron chi connectivity index (χ1n) is 5.58. The van der Waals surface area contributed by atoms with E-state index in [1.54, 1.807) is 20.8 Å². The highest BCUT2D eigenvalue weighted by molar-refractivity contribution is 6.20. The topological polar surface area (TPSA) is 58.9 Å². The van der Waals surface area contributed by atoms with Crippen LogP contribution in [-0.2, 0) is 9.53 Å². The molecule has 1 aliphatic rings. The van der Waals surface area contributed by atoms with E-state index in [2.05, 4.69) is 4.99 Å². The van der Waals surface area contributed by atoms with Crippen molar-refractivity contribution in [3.05, 3.63) is 11.1 Å². The summed E-state index contributed by atoms with van der Waals surface area (Å²) in [5.41, 5.74) is 2.19. The Kier molecular flexibility index (Phi) is 4.24. The van der Waals surface area contributed by atoms with Crippen LogP contribution in [0.3, 0.4) is 0 Å². The molecule has 0 aromatic rings. The van der Waals surface area contributed by atoms with Gasteiger partial charge in [-0.1, -0.05) is 0 Å². The summed E-state index contributed by atoms with van der Waals surface area (Å²) in [5, 5.41) is 9.34. The van der Waals surface area contributed by atoms with Crippen LogP contribution in [0.1, 0.15) is 34.1 Å². The van der Waals surface area contributed by atoms with Crippen molar-refractivity contribution in [1.29, 1.82) is 0 Å². The number of hydrogen-bond acceptors (Lipinski definition) is 4. The number of carbonyl (C=O) groups excluding carboxylic acids is 1. The van der Waals surface area contributed by atoms with Gasteiger partial charge in [0.25, 0.3) is 0 Å². The van der Waals surface area contributed by atoms with Crippen molar-refractivity contribution in [2.45, 2.75) is 46.3 Å². The molecule has 0 amide bonds. The molecular formula is C12H19NO3. The molecule has 1 heterocycles. The molecule has 1 rings (SSSR count). The molecule has 4 heteroatoms. The Morgan fingerprint density at radius 1 is 1.56 bits per heavy atom. The molecular weight excluding hydrogens is 206 g/mol. The fourth-order valence-corrected chi connectivity index (χ4v) is 1.91. The van der Waals surface area contributed by atoms with Crippen molar-refractivity contribution in [3.8, 4) is 0 Å². The largest absolute Gasteiger partial charge is 0.462 e. The molecule has 0 aromatic carbocycles. The number of nitrogens with zero attached hydrogens (tertiary/aromatic N) is 1. The SMILES string of the molecule is CCOC(=O)C1=C(C)C(C[C@@H](C)O)N=C1C. The third kappa shape index (κ3) is 2.70. The second kappa shape index (κ2) is 5.25. The monoisotopic (exact) mass is 225 g/mol. The van der Waals surface area contributed by atoms with E-state index in [4.69, 9.17) is 4.74 Å². The number of aliphatic hydroxyl groups is 1. The summed E-state index contributed by atoms with van der Waals surface area (Å²) in [6, 6.07) is -0.0839. The second-order valence-electron chi connectivity index (χ2n) is 4.09. The van der Waals surface area contributed by atoms with Crippen molar-refractivity contribution in [2.24, 2.45) is 4.99 Å². The van der Waals surface area contributed by atoms with Crippen LogP contribution in [-0.4, -0.2) is 35.5 Å². The molecule has 16 heavy (non-hydrogen) atoms. The van der Waals surface area contributed by atoms with Gasteiger partial charge in [0.05, 0.1) is 24.3 Å². The first kappa shape index (κ1) is 12.9. The second-order valence-corrected chi connectivity index (χ2v) is 4.09. The average Bonchev–Trinajstić information content (AvgIpc) is 2.41. The van der Waals surface area contributed by atoms with Crippen LogP contribution < -0.4 is 0 Å². The van der Waals surface area contributed by atoms with Gasteiger partial charge < -0.3 is 9.84 Å². The van der Waals surface area contributed by atoms with Gasteiger partial charge in [-0.15, -0.1) is 0 Å². The minimum Gasteiger partial charge on any atom is -0.462 e. The van der Waals surface area contributed by atoms with Crippen molar-refractivity contribution in [2.75, 3.05) is 6.61 Å². The highest BCUT2D eigenvalue weighted by Crippen LogP contribution is 2.25. The van der Waals surface area contributed by atoms with Crippen LogP contribution in [0.15, 0.2) is 16.1 Å². The van der Waals surface area contributed by atoms with Gasteiger partial charge >= 0.3 is 5.97 Å². The number of rotatable bonds is 4. The average molecular weight is 225 g/mol. The van der Waals surface area contributed by atoms with Gasteiger partial charge in [0, 0.05) is 5.71 Å². The fourth-order valence-electron chi connectivity index (χ4n) is 1.91. The van der Waals surface area contributed by atoms with Gasteiger partial charge in [-0.25, -0.2) is 4.79 Å². The Morgan fingerprint density at radius 2 is 2.19 bits per heavy atom. The van der Waals surface area contributed by atoms with E-state index in [0.717, 1.165) is 5.57 Å². The summed E-state index contributed by atoms with van der Waals surface area (Å²) >= 11 is 0. The molecule has 1 aliphatic heterocycles. The zero-order chi connectivity index (χ0) is 12.3. The first-order valence-corrected chi connectivity index (χ1v) is 5.58. The zero-order valence-corrected chi connectivity index (χ0v) is 10.3. The van der Waals surface area contributed by atoms with Crippen LogP contribution >= 0.6 is 0 Å². The van der Waals surface area contributed by atoms with Crippen LogP contribution in [0.25, 0.3) is 0 Å². The van der Waals surface area contributed by atoms with Crippen molar-refractivity contribution >= 4 is 11.7 Å². The molecule has 0 spiro atoms. The van der Waals surface area contributed by atoms with Gasteiger partial charge in [0.1, 0.15) is 0 Å². The third-order valence-electron chi connectivity index (χ3n) is 2.65. The molecule has 0 saturated carbocycles. The summed E-state index contributed by atoms with van der Waals surface area (Å²) in [6.45, 7) is 7.55. The van der Waals surface area contributed by atoms with Crippen molar-refractivity contribution in [1.82, 2.24) is 0 Å². The molecule has 0 saturated heterocycles. The zero-order valence-electron chi connectivity index (χ0n) is 10.3. The smallest absolute Gasteiger partial charge is 0.339 e. The fraction of sp³-hybridized carbons (Fsp3) is 0.667.